The summed E-state index contributed by atoms with van der Waals surface area (Å²) >= 11 is 0. The second-order valence-corrected chi connectivity index (χ2v) is 4.96. The summed E-state index contributed by atoms with van der Waals surface area (Å²) in [4.78, 5) is 2.50. The highest BCUT2D eigenvalue weighted by Crippen LogP contribution is 2.51. The van der Waals surface area contributed by atoms with Crippen LogP contribution in [0.25, 0.3) is 0 Å². The Morgan fingerprint density at radius 1 is 1.17 bits per heavy atom. The first kappa shape index (κ1) is 8.55. The zero-order valence-corrected chi connectivity index (χ0v) is 8.47. The van der Waals surface area contributed by atoms with E-state index in [9.17, 15) is 0 Å². The molecule has 1 atom stereocenters. The lowest BCUT2D eigenvalue weighted by molar-refractivity contribution is 0.0536. The Hall–Kier alpha value is -0.0400. The van der Waals surface area contributed by atoms with E-state index < -0.39 is 0 Å². The number of hydrogen-bond donors (Lipinski definition) is 0. The number of nitrogens with zero attached hydrogens (tertiary/aromatic N) is 1. The van der Waals surface area contributed by atoms with Gasteiger partial charge in [-0.15, -0.1) is 0 Å². The maximum Gasteiger partial charge on any atom is -0.00164 e. The molecule has 12 heavy (non-hydrogen) atoms. The molecule has 0 aromatic rings. The van der Waals surface area contributed by atoms with Gasteiger partial charge in [-0.25, -0.2) is 0 Å². The van der Waals surface area contributed by atoms with E-state index >= 15 is 0 Å². The second kappa shape index (κ2) is 3.02. The van der Waals surface area contributed by atoms with Crippen molar-refractivity contribution < 1.29 is 0 Å². The van der Waals surface area contributed by atoms with Crippen molar-refractivity contribution >= 4 is 0 Å². The standard InChI is InChI=1S/C11H21N/c1-10-4-8-12(2)9-7-11(10)5-3-6-11/h10H,3-9H2,1-2H3/t10-/m0/s1. The largest absolute Gasteiger partial charge is 0.306 e. The van der Waals surface area contributed by atoms with Gasteiger partial charge >= 0.3 is 0 Å². The molecule has 0 aromatic heterocycles. The minimum atomic E-state index is 0.782. The zero-order chi connectivity index (χ0) is 8.60. The predicted molar refractivity (Wildman–Crippen MR) is 52.2 cm³/mol. The van der Waals surface area contributed by atoms with Gasteiger partial charge in [-0.05, 0) is 57.2 Å². The van der Waals surface area contributed by atoms with Gasteiger partial charge in [0.1, 0.15) is 0 Å². The van der Waals surface area contributed by atoms with Gasteiger partial charge in [0, 0.05) is 0 Å². The smallest absolute Gasteiger partial charge is 0.00164 e. The fourth-order valence-corrected chi connectivity index (χ4v) is 2.87. The summed E-state index contributed by atoms with van der Waals surface area (Å²) < 4.78 is 0. The van der Waals surface area contributed by atoms with Gasteiger partial charge in [-0.1, -0.05) is 13.3 Å². The van der Waals surface area contributed by atoms with E-state index in [-0.39, 0.29) is 0 Å². The van der Waals surface area contributed by atoms with Crippen LogP contribution < -0.4 is 0 Å². The van der Waals surface area contributed by atoms with Crippen molar-refractivity contribution in [3.8, 4) is 0 Å². The molecule has 1 nitrogen and oxygen atoms in total. The summed E-state index contributed by atoms with van der Waals surface area (Å²) in [5, 5.41) is 0. The average molecular weight is 167 g/mol. The second-order valence-electron chi connectivity index (χ2n) is 4.96. The van der Waals surface area contributed by atoms with Crippen LogP contribution in [0.4, 0.5) is 0 Å². The average Bonchev–Trinajstić information content (AvgIpc) is 2.11. The molecule has 0 N–H and O–H groups in total. The molecule has 1 saturated carbocycles. The highest BCUT2D eigenvalue weighted by Gasteiger charge is 2.42. The quantitative estimate of drug-likeness (QED) is 0.536. The van der Waals surface area contributed by atoms with E-state index in [2.05, 4.69) is 18.9 Å². The van der Waals surface area contributed by atoms with E-state index in [1.54, 1.807) is 0 Å². The van der Waals surface area contributed by atoms with Crippen LogP contribution in [-0.2, 0) is 0 Å². The summed E-state index contributed by atoms with van der Waals surface area (Å²) in [6, 6.07) is 0. The van der Waals surface area contributed by atoms with E-state index in [4.69, 9.17) is 0 Å². The van der Waals surface area contributed by atoms with Crippen molar-refractivity contribution in [3.05, 3.63) is 0 Å². The van der Waals surface area contributed by atoms with Crippen molar-refractivity contribution in [2.45, 2.75) is 39.0 Å². The third kappa shape index (κ3) is 1.28. The van der Waals surface area contributed by atoms with Crippen molar-refractivity contribution in [2.75, 3.05) is 20.1 Å². The molecule has 0 bridgehead atoms. The Morgan fingerprint density at radius 2 is 1.92 bits per heavy atom. The molecule has 1 aliphatic heterocycles. The van der Waals surface area contributed by atoms with Crippen molar-refractivity contribution in [2.24, 2.45) is 11.3 Å². The Bertz CT molecular complexity index is 160. The third-order valence-corrected chi connectivity index (χ3v) is 4.33. The monoisotopic (exact) mass is 167 g/mol. The lowest BCUT2D eigenvalue weighted by atomic mass is 9.59. The number of hydrogen-bond acceptors (Lipinski definition) is 1. The van der Waals surface area contributed by atoms with Crippen LogP contribution in [0.1, 0.15) is 39.0 Å². The minimum Gasteiger partial charge on any atom is -0.306 e. The zero-order valence-electron chi connectivity index (χ0n) is 8.47. The van der Waals surface area contributed by atoms with Crippen LogP contribution in [-0.4, -0.2) is 25.0 Å². The van der Waals surface area contributed by atoms with Gasteiger partial charge in [-0.3, -0.25) is 0 Å². The number of rotatable bonds is 0. The fourth-order valence-electron chi connectivity index (χ4n) is 2.87. The summed E-state index contributed by atoms with van der Waals surface area (Å²) in [6.07, 6.45) is 7.42. The van der Waals surface area contributed by atoms with Crippen LogP contribution in [0.2, 0.25) is 0 Å². The molecule has 1 saturated heterocycles. The third-order valence-electron chi connectivity index (χ3n) is 4.33. The summed E-state index contributed by atoms with van der Waals surface area (Å²) in [5.41, 5.74) is 0.782. The molecule has 70 valence electrons. The summed E-state index contributed by atoms with van der Waals surface area (Å²) in [6.45, 7) is 5.13. The fraction of sp³-hybridized carbons (Fsp3) is 1.00. The highest BCUT2D eigenvalue weighted by atomic mass is 15.1. The molecule has 0 aromatic carbocycles. The van der Waals surface area contributed by atoms with Crippen LogP contribution in [0.3, 0.4) is 0 Å². The first-order valence-corrected chi connectivity index (χ1v) is 5.41. The normalized spacial score (nSPS) is 36.0. The minimum absolute atomic E-state index is 0.782. The molecular weight excluding hydrogens is 146 g/mol. The predicted octanol–water partition coefficient (Wildman–Crippen LogP) is 2.52. The highest BCUT2D eigenvalue weighted by molar-refractivity contribution is 4.93. The lowest BCUT2D eigenvalue weighted by Crippen LogP contribution is -2.36. The van der Waals surface area contributed by atoms with Gasteiger partial charge in [0.2, 0.25) is 0 Å². The van der Waals surface area contributed by atoms with E-state index in [1.165, 1.54) is 45.2 Å². The molecule has 2 aliphatic rings. The molecular formula is C11H21N. The van der Waals surface area contributed by atoms with Crippen molar-refractivity contribution in [3.63, 3.8) is 0 Å². The maximum absolute atomic E-state index is 2.50. The van der Waals surface area contributed by atoms with E-state index in [1.807, 2.05) is 0 Å². The van der Waals surface area contributed by atoms with Gasteiger partial charge in [-0.2, -0.15) is 0 Å². The Kier molecular flexibility index (Phi) is 2.16. The topological polar surface area (TPSA) is 3.24 Å². The molecule has 1 aliphatic carbocycles. The molecule has 1 spiro atoms. The first-order chi connectivity index (χ1) is 5.73. The van der Waals surface area contributed by atoms with Gasteiger partial charge in [0.25, 0.3) is 0 Å². The van der Waals surface area contributed by atoms with Crippen LogP contribution in [0.5, 0.6) is 0 Å². The van der Waals surface area contributed by atoms with Crippen LogP contribution in [0, 0.1) is 11.3 Å². The molecule has 0 unspecified atom stereocenters. The Morgan fingerprint density at radius 3 is 2.50 bits per heavy atom. The SMILES string of the molecule is C[C@H]1CCN(C)CCC12CCC2. The van der Waals surface area contributed by atoms with Gasteiger partial charge in [0.15, 0.2) is 0 Å². The van der Waals surface area contributed by atoms with Gasteiger partial charge in [0.05, 0.1) is 0 Å². The van der Waals surface area contributed by atoms with Crippen molar-refractivity contribution in [1.82, 2.24) is 4.90 Å². The number of likely N-dealkylation sites (tertiary alicyclic amines) is 1. The van der Waals surface area contributed by atoms with Gasteiger partial charge < -0.3 is 4.90 Å². The lowest BCUT2D eigenvalue weighted by Gasteiger charge is -2.46. The van der Waals surface area contributed by atoms with E-state index in [0.29, 0.717) is 0 Å². The molecule has 1 heteroatoms. The van der Waals surface area contributed by atoms with E-state index in [0.717, 1.165) is 11.3 Å². The first-order valence-electron chi connectivity index (χ1n) is 5.41. The van der Waals surface area contributed by atoms with Crippen molar-refractivity contribution in [1.29, 1.82) is 0 Å². The summed E-state index contributed by atoms with van der Waals surface area (Å²) in [5.74, 6) is 0.983. The molecule has 2 fully saturated rings. The Labute approximate surface area is 76.1 Å². The Balaban J connectivity index is 2.02. The molecule has 0 radical (unpaired) electrons. The van der Waals surface area contributed by atoms with Crippen LogP contribution in [0.15, 0.2) is 0 Å². The molecule has 1 heterocycles. The maximum atomic E-state index is 2.50. The summed E-state index contributed by atoms with van der Waals surface area (Å²) in [7, 11) is 2.27. The van der Waals surface area contributed by atoms with Crippen LogP contribution >= 0.6 is 0 Å². The molecule has 2 rings (SSSR count). The molecule has 0 amide bonds.